The van der Waals surface area contributed by atoms with Crippen LogP contribution in [0.5, 0.6) is 0 Å². The highest BCUT2D eigenvalue weighted by Crippen LogP contribution is 2.12. The molecule has 0 amide bonds. The Morgan fingerprint density at radius 1 is 0.913 bits per heavy atom. The number of benzene rings is 2. The SMILES string of the molecule is O=C([O-])CCc1ccc(S(=O)(=O)NCCc2ccccc2)cc1. The van der Waals surface area contributed by atoms with E-state index in [0.717, 1.165) is 11.1 Å². The molecule has 0 heterocycles. The third-order valence-corrected chi connectivity index (χ3v) is 4.88. The average Bonchev–Trinajstić information content (AvgIpc) is 2.54. The summed E-state index contributed by atoms with van der Waals surface area (Å²) in [7, 11) is -3.56. The second kappa shape index (κ2) is 7.89. The maximum Gasteiger partial charge on any atom is 0.240 e. The second-order valence-electron chi connectivity index (χ2n) is 5.15. The van der Waals surface area contributed by atoms with E-state index in [1.807, 2.05) is 30.3 Å². The number of sulfonamides is 1. The summed E-state index contributed by atoms with van der Waals surface area (Å²) in [6, 6.07) is 15.8. The summed E-state index contributed by atoms with van der Waals surface area (Å²) in [5.74, 6) is -1.12. The predicted molar refractivity (Wildman–Crippen MR) is 85.1 cm³/mol. The molecule has 0 unspecified atom stereocenters. The molecule has 0 aliphatic carbocycles. The summed E-state index contributed by atoms with van der Waals surface area (Å²) >= 11 is 0. The fourth-order valence-corrected chi connectivity index (χ4v) is 3.17. The van der Waals surface area contributed by atoms with Crippen molar-refractivity contribution >= 4 is 16.0 Å². The standard InChI is InChI=1S/C17H19NO4S/c19-17(20)11-8-15-6-9-16(10-7-15)23(21,22)18-13-12-14-4-2-1-3-5-14/h1-7,9-10,18H,8,11-13H2,(H,19,20)/p-1. The van der Waals surface area contributed by atoms with E-state index < -0.39 is 16.0 Å². The fraction of sp³-hybridized carbons (Fsp3) is 0.235. The van der Waals surface area contributed by atoms with Gasteiger partial charge in [-0.25, -0.2) is 13.1 Å². The van der Waals surface area contributed by atoms with Crippen LogP contribution in [0.3, 0.4) is 0 Å². The number of rotatable bonds is 8. The lowest BCUT2D eigenvalue weighted by molar-refractivity contribution is -0.305. The number of carboxylic acid groups (broad SMARTS) is 1. The van der Waals surface area contributed by atoms with Gasteiger partial charge in [-0.15, -0.1) is 0 Å². The molecule has 0 aliphatic heterocycles. The van der Waals surface area contributed by atoms with Crippen molar-refractivity contribution in [1.29, 1.82) is 0 Å². The Bertz CT molecular complexity index is 740. The molecule has 2 aromatic rings. The normalized spacial score (nSPS) is 11.3. The maximum absolute atomic E-state index is 12.2. The number of carbonyl (C=O) groups is 1. The van der Waals surface area contributed by atoms with Gasteiger partial charge in [0.15, 0.2) is 0 Å². The average molecular weight is 332 g/mol. The van der Waals surface area contributed by atoms with Crippen LogP contribution in [0.4, 0.5) is 0 Å². The highest BCUT2D eigenvalue weighted by molar-refractivity contribution is 7.89. The summed E-state index contributed by atoms with van der Waals surface area (Å²) in [5.41, 5.74) is 1.82. The van der Waals surface area contributed by atoms with E-state index in [4.69, 9.17) is 0 Å². The lowest BCUT2D eigenvalue weighted by Crippen LogP contribution is -2.26. The number of hydrogen-bond donors (Lipinski definition) is 1. The quantitative estimate of drug-likeness (QED) is 0.778. The van der Waals surface area contributed by atoms with Gasteiger partial charge in [-0.3, -0.25) is 0 Å². The van der Waals surface area contributed by atoms with Crippen molar-refractivity contribution in [3.05, 3.63) is 65.7 Å². The van der Waals surface area contributed by atoms with Crippen LogP contribution in [-0.4, -0.2) is 20.9 Å². The van der Waals surface area contributed by atoms with Crippen molar-refractivity contribution in [3.8, 4) is 0 Å². The van der Waals surface area contributed by atoms with Crippen molar-refractivity contribution < 1.29 is 18.3 Å². The van der Waals surface area contributed by atoms with Gasteiger partial charge in [0, 0.05) is 12.5 Å². The van der Waals surface area contributed by atoms with Crippen molar-refractivity contribution in [2.75, 3.05) is 6.54 Å². The van der Waals surface area contributed by atoms with Gasteiger partial charge in [0.25, 0.3) is 0 Å². The van der Waals surface area contributed by atoms with Gasteiger partial charge in [-0.2, -0.15) is 0 Å². The first-order chi connectivity index (χ1) is 11.0. The lowest BCUT2D eigenvalue weighted by atomic mass is 10.1. The zero-order valence-corrected chi connectivity index (χ0v) is 13.4. The molecule has 0 spiro atoms. The van der Waals surface area contributed by atoms with Crippen LogP contribution >= 0.6 is 0 Å². The van der Waals surface area contributed by atoms with Crippen LogP contribution in [0.25, 0.3) is 0 Å². The summed E-state index contributed by atoms with van der Waals surface area (Å²) in [6.07, 6.45) is 0.856. The van der Waals surface area contributed by atoms with Crippen molar-refractivity contribution in [3.63, 3.8) is 0 Å². The smallest absolute Gasteiger partial charge is 0.240 e. The Balaban J connectivity index is 1.92. The molecule has 0 saturated heterocycles. The minimum Gasteiger partial charge on any atom is -0.550 e. The zero-order valence-electron chi connectivity index (χ0n) is 12.6. The Labute approximate surface area is 136 Å². The van der Waals surface area contributed by atoms with E-state index in [1.54, 1.807) is 12.1 Å². The van der Waals surface area contributed by atoms with E-state index in [1.165, 1.54) is 12.1 Å². The van der Waals surface area contributed by atoms with Crippen LogP contribution in [0.2, 0.25) is 0 Å². The highest BCUT2D eigenvalue weighted by atomic mass is 32.2. The Hall–Kier alpha value is -2.18. The molecule has 0 saturated carbocycles. The summed E-state index contributed by atoms with van der Waals surface area (Å²) in [6.45, 7) is 0.318. The second-order valence-corrected chi connectivity index (χ2v) is 6.92. The van der Waals surface area contributed by atoms with E-state index in [2.05, 4.69) is 4.72 Å². The minimum absolute atomic E-state index is 0.0819. The first-order valence-corrected chi connectivity index (χ1v) is 8.78. The third kappa shape index (κ3) is 5.50. The molecule has 5 nitrogen and oxygen atoms in total. The van der Waals surface area contributed by atoms with Gasteiger partial charge in [-0.1, -0.05) is 42.5 Å². The molecule has 6 heteroatoms. The summed E-state index contributed by atoms with van der Waals surface area (Å²) < 4.78 is 26.9. The van der Waals surface area contributed by atoms with Gasteiger partial charge in [0.05, 0.1) is 4.90 Å². The number of hydrogen-bond acceptors (Lipinski definition) is 4. The molecule has 122 valence electrons. The highest BCUT2D eigenvalue weighted by Gasteiger charge is 2.13. The molecule has 0 aliphatic rings. The first-order valence-electron chi connectivity index (χ1n) is 7.30. The number of aryl methyl sites for hydroxylation is 1. The molecule has 2 aromatic carbocycles. The van der Waals surface area contributed by atoms with Gasteiger partial charge in [-0.05, 0) is 42.5 Å². The van der Waals surface area contributed by atoms with Crippen LogP contribution in [0.15, 0.2) is 59.5 Å². The van der Waals surface area contributed by atoms with Crippen LogP contribution < -0.4 is 9.83 Å². The van der Waals surface area contributed by atoms with Crippen LogP contribution in [-0.2, 0) is 27.7 Å². The lowest BCUT2D eigenvalue weighted by Gasteiger charge is -2.08. The Morgan fingerprint density at radius 3 is 2.13 bits per heavy atom. The predicted octanol–water partition coefficient (Wildman–Crippen LogP) is 0.890. The molecule has 0 atom stereocenters. The van der Waals surface area contributed by atoms with Crippen molar-refractivity contribution in [2.24, 2.45) is 0 Å². The largest absolute Gasteiger partial charge is 0.550 e. The Kier molecular flexibility index (Phi) is 5.90. The molecular formula is C17H18NO4S-. The van der Waals surface area contributed by atoms with Gasteiger partial charge in [0.1, 0.15) is 0 Å². The van der Waals surface area contributed by atoms with Gasteiger partial charge in [0.2, 0.25) is 10.0 Å². The van der Waals surface area contributed by atoms with Crippen LogP contribution in [0.1, 0.15) is 17.5 Å². The summed E-state index contributed by atoms with van der Waals surface area (Å²) in [4.78, 5) is 10.6. The zero-order chi connectivity index (χ0) is 16.7. The molecular weight excluding hydrogens is 314 g/mol. The minimum atomic E-state index is -3.56. The van der Waals surface area contributed by atoms with E-state index in [0.29, 0.717) is 19.4 Å². The fourth-order valence-electron chi connectivity index (χ4n) is 2.14. The molecule has 0 aromatic heterocycles. The number of nitrogens with one attached hydrogen (secondary N) is 1. The van der Waals surface area contributed by atoms with Crippen LogP contribution in [0, 0.1) is 0 Å². The third-order valence-electron chi connectivity index (χ3n) is 3.40. The van der Waals surface area contributed by atoms with E-state index in [-0.39, 0.29) is 11.3 Å². The molecule has 0 bridgehead atoms. The maximum atomic E-state index is 12.2. The molecule has 23 heavy (non-hydrogen) atoms. The number of carbonyl (C=O) groups excluding carboxylic acids is 1. The molecule has 1 N–H and O–H groups in total. The monoisotopic (exact) mass is 332 g/mol. The van der Waals surface area contributed by atoms with Crippen molar-refractivity contribution in [2.45, 2.75) is 24.2 Å². The van der Waals surface area contributed by atoms with Gasteiger partial charge >= 0.3 is 0 Å². The first kappa shape index (κ1) is 17.2. The molecule has 0 radical (unpaired) electrons. The topological polar surface area (TPSA) is 86.3 Å². The van der Waals surface area contributed by atoms with Crippen molar-refractivity contribution in [1.82, 2.24) is 4.72 Å². The molecule has 0 fully saturated rings. The number of carboxylic acids is 1. The van der Waals surface area contributed by atoms with E-state index >= 15 is 0 Å². The number of aliphatic carboxylic acids is 1. The molecule has 2 rings (SSSR count). The summed E-state index contributed by atoms with van der Waals surface area (Å²) in [5, 5.41) is 10.4. The van der Waals surface area contributed by atoms with E-state index in [9.17, 15) is 18.3 Å². The Morgan fingerprint density at radius 2 is 1.52 bits per heavy atom. The van der Waals surface area contributed by atoms with Gasteiger partial charge < -0.3 is 9.90 Å².